The van der Waals surface area contributed by atoms with Gasteiger partial charge in [-0.3, -0.25) is 9.69 Å². The van der Waals surface area contributed by atoms with Crippen molar-refractivity contribution >= 4 is 28.2 Å². The van der Waals surface area contributed by atoms with Crippen LogP contribution in [0.1, 0.15) is 6.42 Å². The third-order valence-corrected chi connectivity index (χ3v) is 5.99. The zero-order valence-electron chi connectivity index (χ0n) is 17.0. The number of nitrogens with zero attached hydrogens (tertiary/aromatic N) is 4. The fourth-order valence-corrected chi connectivity index (χ4v) is 4.35. The summed E-state index contributed by atoms with van der Waals surface area (Å²) >= 11 is 0. The third kappa shape index (κ3) is 3.71. The predicted octanol–water partition coefficient (Wildman–Crippen LogP) is 3.17. The number of ether oxygens (including phenoxy) is 1. The molecule has 30 heavy (non-hydrogen) atoms. The van der Waals surface area contributed by atoms with Crippen molar-refractivity contribution in [2.24, 2.45) is 0 Å². The van der Waals surface area contributed by atoms with Gasteiger partial charge in [0.05, 0.1) is 18.7 Å². The third-order valence-electron chi connectivity index (χ3n) is 5.99. The van der Waals surface area contributed by atoms with Crippen LogP contribution in [-0.2, 0) is 4.79 Å². The van der Waals surface area contributed by atoms with Crippen molar-refractivity contribution in [3.8, 4) is 5.75 Å². The number of pyridine rings is 1. The van der Waals surface area contributed by atoms with Gasteiger partial charge in [0, 0.05) is 50.9 Å². The van der Waals surface area contributed by atoms with Crippen LogP contribution in [0.3, 0.4) is 0 Å². The van der Waals surface area contributed by atoms with E-state index in [0.29, 0.717) is 19.6 Å². The lowest BCUT2D eigenvalue weighted by Crippen LogP contribution is -2.49. The molecule has 0 saturated carbocycles. The minimum atomic E-state index is 0.138. The highest BCUT2D eigenvalue weighted by Crippen LogP contribution is 2.31. The molecule has 1 saturated heterocycles. The molecule has 0 aliphatic carbocycles. The van der Waals surface area contributed by atoms with Crippen molar-refractivity contribution in [1.82, 2.24) is 9.88 Å². The average molecular weight is 402 g/mol. The second-order valence-corrected chi connectivity index (χ2v) is 7.80. The van der Waals surface area contributed by atoms with Crippen LogP contribution in [0, 0.1) is 0 Å². The molecule has 0 spiro atoms. The molecule has 1 fully saturated rings. The van der Waals surface area contributed by atoms with Gasteiger partial charge in [-0.2, -0.15) is 0 Å². The molecule has 2 aromatic carbocycles. The Morgan fingerprint density at radius 1 is 0.900 bits per heavy atom. The molecule has 6 nitrogen and oxygen atoms in total. The van der Waals surface area contributed by atoms with Gasteiger partial charge in [0.1, 0.15) is 11.6 Å². The molecule has 3 heterocycles. The lowest BCUT2D eigenvalue weighted by molar-refractivity contribution is -0.118. The number of benzene rings is 2. The second-order valence-electron chi connectivity index (χ2n) is 7.80. The van der Waals surface area contributed by atoms with E-state index in [-0.39, 0.29) is 5.91 Å². The molecule has 6 heteroatoms. The van der Waals surface area contributed by atoms with E-state index < -0.39 is 0 Å². The molecular formula is C24H26N4O2. The van der Waals surface area contributed by atoms with E-state index in [1.54, 1.807) is 0 Å². The molecule has 0 unspecified atom stereocenters. The summed E-state index contributed by atoms with van der Waals surface area (Å²) in [5.74, 6) is 2.01. The Bertz CT molecular complexity index is 1040. The standard InChI is InChI=1S/C24H26N4O2/c29-23-10-18-30-22-8-4-3-7-21(22)28(23)17-14-26-12-15-27(16-13-26)24-20-6-2-1-5-19(20)9-11-25-24/h1-9,11H,10,12-18H2. The Morgan fingerprint density at radius 3 is 2.60 bits per heavy atom. The molecule has 3 aromatic rings. The first-order valence-electron chi connectivity index (χ1n) is 10.6. The first kappa shape index (κ1) is 18.9. The fraction of sp³-hybridized carbons (Fsp3) is 0.333. The van der Waals surface area contributed by atoms with Gasteiger partial charge in [-0.1, -0.05) is 36.4 Å². The Kier molecular flexibility index (Phi) is 5.24. The fourth-order valence-electron chi connectivity index (χ4n) is 4.35. The van der Waals surface area contributed by atoms with Crippen LogP contribution in [0.2, 0.25) is 0 Å². The summed E-state index contributed by atoms with van der Waals surface area (Å²) in [6, 6.07) is 18.3. The van der Waals surface area contributed by atoms with E-state index in [1.807, 2.05) is 35.4 Å². The average Bonchev–Trinajstić information content (AvgIpc) is 2.96. The molecular weight excluding hydrogens is 376 g/mol. The van der Waals surface area contributed by atoms with E-state index in [1.165, 1.54) is 10.8 Å². The van der Waals surface area contributed by atoms with Crippen LogP contribution < -0.4 is 14.5 Å². The van der Waals surface area contributed by atoms with Crippen molar-refractivity contribution in [2.45, 2.75) is 6.42 Å². The second kappa shape index (κ2) is 8.32. The summed E-state index contributed by atoms with van der Waals surface area (Å²) < 4.78 is 5.75. The van der Waals surface area contributed by atoms with Crippen LogP contribution in [0.25, 0.3) is 10.8 Å². The minimum absolute atomic E-state index is 0.138. The molecule has 0 N–H and O–H groups in total. The number of aromatic nitrogens is 1. The van der Waals surface area contributed by atoms with Gasteiger partial charge in [-0.15, -0.1) is 0 Å². The van der Waals surface area contributed by atoms with Crippen LogP contribution >= 0.6 is 0 Å². The zero-order valence-corrected chi connectivity index (χ0v) is 17.0. The molecule has 5 rings (SSSR count). The first-order valence-corrected chi connectivity index (χ1v) is 10.6. The number of fused-ring (bicyclic) bond motifs is 2. The Morgan fingerprint density at radius 2 is 1.70 bits per heavy atom. The summed E-state index contributed by atoms with van der Waals surface area (Å²) in [5.41, 5.74) is 0.888. The van der Waals surface area contributed by atoms with E-state index in [2.05, 4.69) is 45.1 Å². The largest absolute Gasteiger partial charge is 0.491 e. The maximum absolute atomic E-state index is 12.6. The minimum Gasteiger partial charge on any atom is -0.491 e. The number of piperazine rings is 1. The zero-order chi connectivity index (χ0) is 20.3. The van der Waals surface area contributed by atoms with Gasteiger partial charge in [-0.05, 0) is 23.6 Å². The van der Waals surface area contributed by atoms with Crippen molar-refractivity contribution in [1.29, 1.82) is 0 Å². The Balaban J connectivity index is 1.23. The smallest absolute Gasteiger partial charge is 0.230 e. The SMILES string of the molecule is O=C1CCOc2ccccc2N1CCN1CCN(c2nccc3ccccc23)CC1. The van der Waals surface area contributed by atoms with Crippen LogP contribution in [-0.4, -0.2) is 61.7 Å². The summed E-state index contributed by atoms with van der Waals surface area (Å²) in [7, 11) is 0. The highest BCUT2D eigenvalue weighted by molar-refractivity contribution is 5.95. The van der Waals surface area contributed by atoms with Crippen LogP contribution in [0.15, 0.2) is 60.8 Å². The Hall–Kier alpha value is -3.12. The van der Waals surface area contributed by atoms with E-state index in [0.717, 1.165) is 50.0 Å². The number of anilines is 2. The van der Waals surface area contributed by atoms with E-state index in [4.69, 9.17) is 4.74 Å². The number of hydrogen-bond donors (Lipinski definition) is 0. The van der Waals surface area contributed by atoms with E-state index >= 15 is 0 Å². The number of rotatable bonds is 4. The molecule has 2 aliphatic rings. The first-order chi connectivity index (χ1) is 14.8. The molecule has 0 bridgehead atoms. The topological polar surface area (TPSA) is 48.9 Å². The number of hydrogen-bond acceptors (Lipinski definition) is 5. The summed E-state index contributed by atoms with van der Waals surface area (Å²) in [6.07, 6.45) is 2.32. The predicted molar refractivity (Wildman–Crippen MR) is 119 cm³/mol. The highest BCUT2D eigenvalue weighted by atomic mass is 16.5. The van der Waals surface area contributed by atoms with E-state index in [9.17, 15) is 4.79 Å². The highest BCUT2D eigenvalue weighted by Gasteiger charge is 2.25. The molecule has 1 aromatic heterocycles. The maximum atomic E-state index is 12.6. The number of amides is 1. The molecule has 1 amide bonds. The van der Waals surface area contributed by atoms with Gasteiger partial charge >= 0.3 is 0 Å². The van der Waals surface area contributed by atoms with Gasteiger partial charge in [-0.25, -0.2) is 4.98 Å². The molecule has 0 radical (unpaired) electrons. The number of carbonyl (C=O) groups is 1. The van der Waals surface area contributed by atoms with Crippen molar-refractivity contribution in [2.75, 3.05) is 55.7 Å². The summed E-state index contributed by atoms with van der Waals surface area (Å²) in [4.78, 5) is 24.0. The monoisotopic (exact) mass is 402 g/mol. The maximum Gasteiger partial charge on any atom is 0.230 e. The van der Waals surface area contributed by atoms with Gasteiger partial charge in [0.15, 0.2) is 0 Å². The Labute approximate surface area is 176 Å². The molecule has 154 valence electrons. The molecule has 2 aliphatic heterocycles. The van der Waals surface area contributed by atoms with Gasteiger partial charge in [0.25, 0.3) is 0 Å². The normalized spacial score (nSPS) is 17.5. The van der Waals surface area contributed by atoms with Gasteiger partial charge in [0.2, 0.25) is 5.91 Å². The lowest BCUT2D eigenvalue weighted by atomic mass is 10.1. The van der Waals surface area contributed by atoms with Crippen LogP contribution in [0.5, 0.6) is 5.75 Å². The van der Waals surface area contributed by atoms with Crippen molar-refractivity contribution in [3.63, 3.8) is 0 Å². The van der Waals surface area contributed by atoms with Crippen molar-refractivity contribution < 1.29 is 9.53 Å². The summed E-state index contributed by atoms with van der Waals surface area (Å²) in [5, 5.41) is 2.44. The van der Waals surface area contributed by atoms with Crippen molar-refractivity contribution in [3.05, 3.63) is 60.8 Å². The van der Waals surface area contributed by atoms with Crippen LogP contribution in [0.4, 0.5) is 11.5 Å². The number of carbonyl (C=O) groups excluding carboxylic acids is 1. The lowest BCUT2D eigenvalue weighted by Gasteiger charge is -2.36. The molecule has 0 atom stereocenters. The summed E-state index contributed by atoms with van der Waals surface area (Å²) in [6.45, 7) is 5.80. The quantitative estimate of drug-likeness (QED) is 0.671. The van der Waals surface area contributed by atoms with Gasteiger partial charge < -0.3 is 14.5 Å². The number of para-hydroxylation sites is 2.